The summed E-state index contributed by atoms with van der Waals surface area (Å²) in [6, 6.07) is 6.33. The SMILES string of the molecule is CC1Cc2cc(C3(C(=O)O)CCCC3)ccc2S1. The molecule has 3 heteroatoms. The second-order valence-electron chi connectivity index (χ2n) is 5.55. The second-order valence-corrected chi connectivity index (χ2v) is 7.03. The van der Waals surface area contributed by atoms with Crippen molar-refractivity contribution in [1.29, 1.82) is 0 Å². The molecule has 1 aromatic rings. The highest BCUT2D eigenvalue weighted by Gasteiger charge is 2.43. The molecule has 1 atom stereocenters. The van der Waals surface area contributed by atoms with Crippen LogP contribution < -0.4 is 0 Å². The standard InChI is InChI=1S/C15H18O2S/c1-10-8-11-9-12(4-5-13(11)18-10)15(14(16)17)6-2-3-7-15/h4-5,9-10H,2-3,6-8H2,1H3,(H,16,17). The van der Waals surface area contributed by atoms with Gasteiger partial charge in [0, 0.05) is 10.1 Å². The maximum atomic E-state index is 11.7. The van der Waals surface area contributed by atoms with Gasteiger partial charge in [0.25, 0.3) is 0 Å². The summed E-state index contributed by atoms with van der Waals surface area (Å²) < 4.78 is 0. The molecule has 1 N–H and O–H groups in total. The molecule has 0 radical (unpaired) electrons. The molecule has 2 nitrogen and oxygen atoms in total. The van der Waals surface area contributed by atoms with Gasteiger partial charge >= 0.3 is 5.97 Å². The van der Waals surface area contributed by atoms with Crippen molar-refractivity contribution in [3.05, 3.63) is 29.3 Å². The molecule has 2 aliphatic rings. The molecule has 1 unspecified atom stereocenters. The van der Waals surface area contributed by atoms with E-state index in [1.54, 1.807) is 0 Å². The first-order chi connectivity index (χ1) is 8.62. The Hall–Kier alpha value is -0.960. The molecule has 1 aliphatic carbocycles. The first-order valence-electron chi connectivity index (χ1n) is 6.65. The zero-order valence-electron chi connectivity index (χ0n) is 10.6. The number of benzene rings is 1. The Bertz CT molecular complexity index is 489. The number of hydrogen-bond acceptors (Lipinski definition) is 2. The fourth-order valence-electron chi connectivity index (χ4n) is 3.32. The van der Waals surface area contributed by atoms with E-state index < -0.39 is 11.4 Å². The average Bonchev–Trinajstić information content (AvgIpc) is 2.92. The molecule has 0 spiro atoms. The van der Waals surface area contributed by atoms with E-state index in [4.69, 9.17) is 0 Å². The lowest BCUT2D eigenvalue weighted by atomic mass is 9.78. The molecule has 0 saturated heterocycles. The Kier molecular flexibility index (Phi) is 2.89. The van der Waals surface area contributed by atoms with Gasteiger partial charge in [-0.15, -0.1) is 11.8 Å². The smallest absolute Gasteiger partial charge is 0.314 e. The lowest BCUT2D eigenvalue weighted by Gasteiger charge is -2.25. The van der Waals surface area contributed by atoms with Gasteiger partial charge in [-0.05, 0) is 36.5 Å². The summed E-state index contributed by atoms with van der Waals surface area (Å²) in [6.07, 6.45) is 4.74. The Morgan fingerprint density at radius 1 is 1.39 bits per heavy atom. The van der Waals surface area contributed by atoms with Crippen LogP contribution in [0.15, 0.2) is 23.1 Å². The monoisotopic (exact) mass is 262 g/mol. The third-order valence-electron chi connectivity index (χ3n) is 4.32. The second kappa shape index (κ2) is 4.30. The molecule has 1 saturated carbocycles. The van der Waals surface area contributed by atoms with E-state index >= 15 is 0 Å². The minimum absolute atomic E-state index is 0.606. The Labute approximate surface area is 112 Å². The molecule has 0 bridgehead atoms. The summed E-state index contributed by atoms with van der Waals surface area (Å²) in [4.78, 5) is 13.0. The highest BCUT2D eigenvalue weighted by atomic mass is 32.2. The molecule has 1 aliphatic heterocycles. The number of carboxylic acids is 1. The molecular weight excluding hydrogens is 244 g/mol. The number of aliphatic carboxylic acids is 1. The van der Waals surface area contributed by atoms with Gasteiger partial charge < -0.3 is 5.11 Å². The molecule has 18 heavy (non-hydrogen) atoms. The minimum atomic E-state index is -0.640. The molecule has 0 amide bonds. The number of carboxylic acid groups (broad SMARTS) is 1. The van der Waals surface area contributed by atoms with E-state index in [1.807, 2.05) is 17.8 Å². The average molecular weight is 262 g/mol. The summed E-state index contributed by atoms with van der Waals surface area (Å²) in [5.74, 6) is -0.640. The summed E-state index contributed by atoms with van der Waals surface area (Å²) in [7, 11) is 0. The third-order valence-corrected chi connectivity index (χ3v) is 5.54. The van der Waals surface area contributed by atoms with E-state index in [-0.39, 0.29) is 0 Å². The summed E-state index contributed by atoms with van der Waals surface area (Å²) in [5, 5.41) is 10.2. The number of carbonyl (C=O) groups is 1. The number of rotatable bonds is 2. The topological polar surface area (TPSA) is 37.3 Å². The summed E-state index contributed by atoms with van der Waals surface area (Å²) in [6.45, 7) is 2.23. The van der Waals surface area contributed by atoms with Gasteiger partial charge in [0.1, 0.15) is 0 Å². The molecule has 96 valence electrons. The predicted molar refractivity (Wildman–Crippen MR) is 73.2 cm³/mol. The van der Waals surface area contributed by atoms with Gasteiger partial charge in [-0.3, -0.25) is 4.79 Å². The van der Waals surface area contributed by atoms with Crippen molar-refractivity contribution in [2.45, 2.75) is 54.6 Å². The van der Waals surface area contributed by atoms with Gasteiger partial charge in [0.05, 0.1) is 5.41 Å². The first kappa shape index (κ1) is 12.1. The van der Waals surface area contributed by atoms with Gasteiger partial charge in [0.2, 0.25) is 0 Å². The van der Waals surface area contributed by atoms with Crippen molar-refractivity contribution >= 4 is 17.7 Å². The fraction of sp³-hybridized carbons (Fsp3) is 0.533. The van der Waals surface area contributed by atoms with E-state index in [0.717, 1.165) is 37.7 Å². The van der Waals surface area contributed by atoms with E-state index in [9.17, 15) is 9.90 Å². The van der Waals surface area contributed by atoms with Crippen LogP contribution in [0.3, 0.4) is 0 Å². The van der Waals surface area contributed by atoms with Crippen LogP contribution in [0, 0.1) is 0 Å². The lowest BCUT2D eigenvalue weighted by molar-refractivity contribution is -0.143. The number of fused-ring (bicyclic) bond motifs is 1. The van der Waals surface area contributed by atoms with Crippen molar-refractivity contribution < 1.29 is 9.90 Å². The third kappa shape index (κ3) is 1.76. The van der Waals surface area contributed by atoms with Crippen LogP contribution in [0.4, 0.5) is 0 Å². The zero-order valence-corrected chi connectivity index (χ0v) is 11.4. The van der Waals surface area contributed by atoms with Crippen LogP contribution >= 0.6 is 11.8 Å². The van der Waals surface area contributed by atoms with E-state index in [2.05, 4.69) is 19.1 Å². The quantitative estimate of drug-likeness (QED) is 0.884. The molecule has 1 aromatic carbocycles. The highest BCUT2D eigenvalue weighted by Crippen LogP contribution is 2.44. The van der Waals surface area contributed by atoms with Crippen LogP contribution in [0.25, 0.3) is 0 Å². The van der Waals surface area contributed by atoms with Gasteiger partial charge in [-0.2, -0.15) is 0 Å². The zero-order chi connectivity index (χ0) is 12.8. The fourth-order valence-corrected chi connectivity index (χ4v) is 4.46. The van der Waals surface area contributed by atoms with Crippen LogP contribution in [0.2, 0.25) is 0 Å². The van der Waals surface area contributed by atoms with Gasteiger partial charge in [0.15, 0.2) is 0 Å². The minimum Gasteiger partial charge on any atom is -0.481 e. The normalized spacial score (nSPS) is 25.1. The van der Waals surface area contributed by atoms with Crippen LogP contribution in [-0.2, 0) is 16.6 Å². The van der Waals surface area contributed by atoms with Crippen molar-refractivity contribution in [3.63, 3.8) is 0 Å². The van der Waals surface area contributed by atoms with Gasteiger partial charge in [-0.25, -0.2) is 0 Å². The lowest BCUT2D eigenvalue weighted by Crippen LogP contribution is -2.32. The highest BCUT2D eigenvalue weighted by molar-refractivity contribution is 8.00. The molecular formula is C15H18O2S. The first-order valence-corrected chi connectivity index (χ1v) is 7.53. The van der Waals surface area contributed by atoms with Crippen molar-refractivity contribution in [1.82, 2.24) is 0 Å². The van der Waals surface area contributed by atoms with E-state index in [1.165, 1.54) is 10.5 Å². The number of hydrogen-bond donors (Lipinski definition) is 1. The Morgan fingerprint density at radius 3 is 2.78 bits per heavy atom. The summed E-state index contributed by atoms with van der Waals surface area (Å²) >= 11 is 1.90. The number of thioether (sulfide) groups is 1. The van der Waals surface area contributed by atoms with E-state index in [0.29, 0.717) is 5.25 Å². The largest absolute Gasteiger partial charge is 0.481 e. The van der Waals surface area contributed by atoms with Crippen molar-refractivity contribution in [2.24, 2.45) is 0 Å². The Morgan fingerprint density at radius 2 is 2.11 bits per heavy atom. The van der Waals surface area contributed by atoms with Crippen LogP contribution in [0.5, 0.6) is 0 Å². The van der Waals surface area contributed by atoms with Gasteiger partial charge in [-0.1, -0.05) is 31.9 Å². The molecule has 0 aromatic heterocycles. The maximum Gasteiger partial charge on any atom is 0.314 e. The van der Waals surface area contributed by atoms with Crippen molar-refractivity contribution in [3.8, 4) is 0 Å². The van der Waals surface area contributed by atoms with Crippen LogP contribution in [0.1, 0.15) is 43.7 Å². The maximum absolute atomic E-state index is 11.7. The van der Waals surface area contributed by atoms with Crippen molar-refractivity contribution in [2.75, 3.05) is 0 Å². The molecule has 1 heterocycles. The Balaban J connectivity index is 2.02. The predicted octanol–water partition coefficient (Wildman–Crippen LogP) is 3.62. The van der Waals surface area contributed by atoms with Crippen LogP contribution in [-0.4, -0.2) is 16.3 Å². The molecule has 3 rings (SSSR count). The molecule has 1 fully saturated rings. The summed E-state index contributed by atoms with van der Waals surface area (Å²) in [5.41, 5.74) is 1.77.